The molecule has 6 nitrogen and oxygen atoms in total. The molecular formula is C7H10N2O4. The Labute approximate surface area is 75.1 Å². The highest BCUT2D eigenvalue weighted by Gasteiger charge is 2.02. The number of carboxylic acid groups (broad SMARTS) is 1. The highest BCUT2D eigenvalue weighted by Crippen LogP contribution is 1.77. The largest absolute Gasteiger partial charge is 0.480 e. The maximum absolute atomic E-state index is 10.8. The van der Waals surface area contributed by atoms with Gasteiger partial charge >= 0.3 is 5.97 Å². The molecule has 0 aliphatic rings. The third-order valence-corrected chi connectivity index (χ3v) is 1.02. The quantitative estimate of drug-likeness (QED) is 0.524. The summed E-state index contributed by atoms with van der Waals surface area (Å²) in [7, 11) is 0. The molecule has 0 saturated carbocycles. The number of amides is 1. The lowest BCUT2D eigenvalue weighted by atomic mass is 10.4. The number of hydrogen-bond donors (Lipinski definition) is 2. The smallest absolute Gasteiger partial charge is 0.329 e. The van der Waals surface area contributed by atoms with Gasteiger partial charge in [-0.25, -0.2) is 4.79 Å². The Bertz CT molecular complexity index is 221. The van der Waals surface area contributed by atoms with E-state index in [2.05, 4.69) is 10.1 Å². The molecule has 13 heavy (non-hydrogen) atoms. The SMILES string of the molecule is N#CCCNC(=O)COCC(=O)O. The number of hydrogen-bond acceptors (Lipinski definition) is 4. The second-order valence-corrected chi connectivity index (χ2v) is 2.14. The minimum absolute atomic E-state index is 0.227. The summed E-state index contributed by atoms with van der Waals surface area (Å²) in [5.74, 6) is -1.54. The van der Waals surface area contributed by atoms with Gasteiger partial charge in [0.15, 0.2) is 0 Å². The van der Waals surface area contributed by atoms with Crippen LogP contribution in [0, 0.1) is 11.3 Å². The average Bonchev–Trinajstić information content (AvgIpc) is 2.04. The summed E-state index contributed by atoms with van der Waals surface area (Å²) in [5, 5.41) is 18.6. The van der Waals surface area contributed by atoms with Crippen LogP contribution in [0.3, 0.4) is 0 Å². The second kappa shape index (κ2) is 7.06. The summed E-state index contributed by atoms with van der Waals surface area (Å²) in [6.07, 6.45) is 0.227. The van der Waals surface area contributed by atoms with E-state index in [-0.39, 0.29) is 19.6 Å². The third-order valence-electron chi connectivity index (χ3n) is 1.02. The molecule has 0 fully saturated rings. The highest BCUT2D eigenvalue weighted by molar-refractivity contribution is 5.77. The van der Waals surface area contributed by atoms with E-state index >= 15 is 0 Å². The van der Waals surface area contributed by atoms with Crippen molar-refractivity contribution in [1.82, 2.24) is 5.32 Å². The van der Waals surface area contributed by atoms with Crippen molar-refractivity contribution in [3.05, 3.63) is 0 Å². The fourth-order valence-corrected chi connectivity index (χ4v) is 0.540. The topological polar surface area (TPSA) is 99.4 Å². The average molecular weight is 186 g/mol. The molecule has 1 amide bonds. The molecule has 2 N–H and O–H groups in total. The van der Waals surface area contributed by atoms with Crippen LogP contribution < -0.4 is 5.32 Å². The molecule has 72 valence electrons. The number of carboxylic acids is 1. The van der Waals surface area contributed by atoms with E-state index in [1.807, 2.05) is 6.07 Å². The Morgan fingerprint density at radius 1 is 1.46 bits per heavy atom. The number of carbonyl (C=O) groups is 2. The first kappa shape index (κ1) is 11.4. The molecule has 0 spiro atoms. The molecule has 0 bridgehead atoms. The first-order chi connectivity index (χ1) is 6.16. The van der Waals surface area contributed by atoms with E-state index in [4.69, 9.17) is 10.4 Å². The van der Waals surface area contributed by atoms with E-state index in [0.29, 0.717) is 0 Å². The van der Waals surface area contributed by atoms with Crippen LogP contribution >= 0.6 is 0 Å². The predicted molar refractivity (Wildman–Crippen MR) is 41.7 cm³/mol. The number of carbonyl (C=O) groups excluding carboxylic acids is 1. The van der Waals surface area contributed by atoms with E-state index in [1.165, 1.54) is 0 Å². The van der Waals surface area contributed by atoms with Crippen molar-refractivity contribution in [2.24, 2.45) is 0 Å². The van der Waals surface area contributed by atoms with Crippen LogP contribution in [0.5, 0.6) is 0 Å². The van der Waals surface area contributed by atoms with Crippen molar-refractivity contribution >= 4 is 11.9 Å². The van der Waals surface area contributed by atoms with E-state index in [1.54, 1.807) is 0 Å². The summed E-state index contributed by atoms with van der Waals surface area (Å²) in [5.41, 5.74) is 0. The van der Waals surface area contributed by atoms with Gasteiger partial charge in [-0.1, -0.05) is 0 Å². The maximum Gasteiger partial charge on any atom is 0.329 e. The Hall–Kier alpha value is -1.61. The van der Waals surface area contributed by atoms with Crippen molar-refractivity contribution in [1.29, 1.82) is 5.26 Å². The van der Waals surface area contributed by atoms with Crippen LogP contribution in [0.15, 0.2) is 0 Å². The monoisotopic (exact) mass is 186 g/mol. The zero-order valence-corrected chi connectivity index (χ0v) is 6.95. The van der Waals surface area contributed by atoms with Gasteiger partial charge in [0.2, 0.25) is 5.91 Å². The first-order valence-electron chi connectivity index (χ1n) is 3.60. The normalized spacial score (nSPS) is 8.85. The molecule has 0 rings (SSSR count). The molecule has 0 atom stereocenters. The fourth-order valence-electron chi connectivity index (χ4n) is 0.540. The molecule has 0 saturated heterocycles. The number of aliphatic carboxylic acids is 1. The minimum atomic E-state index is -1.12. The molecule has 6 heteroatoms. The van der Waals surface area contributed by atoms with Crippen molar-refractivity contribution in [3.8, 4) is 6.07 Å². The van der Waals surface area contributed by atoms with Gasteiger partial charge in [0.25, 0.3) is 0 Å². The van der Waals surface area contributed by atoms with Crippen LogP contribution in [0.25, 0.3) is 0 Å². The lowest BCUT2D eigenvalue weighted by Gasteiger charge is -2.01. The van der Waals surface area contributed by atoms with Gasteiger partial charge in [-0.2, -0.15) is 5.26 Å². The molecule has 0 heterocycles. The molecule has 0 aliphatic carbocycles. The first-order valence-corrected chi connectivity index (χ1v) is 3.60. The van der Waals surface area contributed by atoms with Gasteiger partial charge < -0.3 is 15.2 Å². The summed E-state index contributed by atoms with van der Waals surface area (Å²) in [4.78, 5) is 20.7. The highest BCUT2D eigenvalue weighted by atomic mass is 16.5. The van der Waals surface area contributed by atoms with Crippen LogP contribution in [-0.2, 0) is 14.3 Å². The predicted octanol–water partition coefficient (Wildman–Crippen LogP) is -0.883. The lowest BCUT2D eigenvalue weighted by molar-refractivity contribution is -0.143. The summed E-state index contributed by atoms with van der Waals surface area (Å²) >= 11 is 0. The van der Waals surface area contributed by atoms with Gasteiger partial charge in [-0.05, 0) is 0 Å². The number of nitriles is 1. The van der Waals surface area contributed by atoms with Crippen LogP contribution in [0.1, 0.15) is 6.42 Å². The Kier molecular flexibility index (Phi) is 6.19. The molecule has 0 aromatic rings. The van der Waals surface area contributed by atoms with Crippen molar-refractivity contribution in [3.63, 3.8) is 0 Å². The molecule has 0 aromatic carbocycles. The summed E-state index contributed by atoms with van der Waals surface area (Å²) < 4.78 is 4.49. The van der Waals surface area contributed by atoms with Crippen LogP contribution in [0.2, 0.25) is 0 Å². The van der Waals surface area contributed by atoms with Crippen LogP contribution in [0.4, 0.5) is 0 Å². The van der Waals surface area contributed by atoms with Crippen molar-refractivity contribution in [2.75, 3.05) is 19.8 Å². The Morgan fingerprint density at radius 3 is 2.69 bits per heavy atom. The third kappa shape index (κ3) is 8.29. The Morgan fingerprint density at radius 2 is 2.15 bits per heavy atom. The van der Waals surface area contributed by atoms with Gasteiger partial charge in [0.05, 0.1) is 12.5 Å². The van der Waals surface area contributed by atoms with Crippen LogP contribution in [-0.4, -0.2) is 36.7 Å². The number of nitrogens with one attached hydrogen (secondary N) is 1. The second-order valence-electron chi connectivity index (χ2n) is 2.14. The van der Waals surface area contributed by atoms with E-state index in [9.17, 15) is 9.59 Å². The summed E-state index contributed by atoms with van der Waals surface area (Å²) in [6, 6.07) is 1.85. The fraction of sp³-hybridized carbons (Fsp3) is 0.571. The molecule has 0 aliphatic heterocycles. The van der Waals surface area contributed by atoms with Gasteiger partial charge in [-0.3, -0.25) is 4.79 Å². The van der Waals surface area contributed by atoms with Gasteiger partial charge in [0, 0.05) is 6.54 Å². The zero-order valence-electron chi connectivity index (χ0n) is 6.95. The Balaban J connectivity index is 3.31. The number of ether oxygens (including phenoxy) is 1. The van der Waals surface area contributed by atoms with Gasteiger partial charge in [-0.15, -0.1) is 0 Å². The standard InChI is InChI=1S/C7H10N2O4/c8-2-1-3-9-6(10)4-13-5-7(11)12/h1,3-5H2,(H,9,10)(H,11,12). The lowest BCUT2D eigenvalue weighted by Crippen LogP contribution is -2.29. The molecule has 0 unspecified atom stereocenters. The minimum Gasteiger partial charge on any atom is -0.480 e. The summed E-state index contributed by atoms with van der Waals surface area (Å²) in [6.45, 7) is -0.533. The molecule has 0 aromatic heterocycles. The number of rotatable bonds is 6. The van der Waals surface area contributed by atoms with Gasteiger partial charge in [0.1, 0.15) is 13.2 Å². The molecule has 0 radical (unpaired) electrons. The zero-order chi connectivity index (χ0) is 10.1. The van der Waals surface area contributed by atoms with Crippen molar-refractivity contribution < 1.29 is 19.4 Å². The maximum atomic E-state index is 10.8. The van der Waals surface area contributed by atoms with E-state index < -0.39 is 18.5 Å². The number of nitrogens with zero attached hydrogens (tertiary/aromatic N) is 1. The van der Waals surface area contributed by atoms with E-state index in [0.717, 1.165) is 0 Å². The van der Waals surface area contributed by atoms with Crippen molar-refractivity contribution in [2.45, 2.75) is 6.42 Å². The molecular weight excluding hydrogens is 176 g/mol.